The smallest absolute Gasteiger partial charge is 0.228 e. The number of carbonyl (C=O) groups excluding carboxylic acids is 1. The van der Waals surface area contributed by atoms with Crippen molar-refractivity contribution in [2.24, 2.45) is 0 Å². The number of hydrogen-bond acceptors (Lipinski definition) is 3. The molecule has 4 heteroatoms. The summed E-state index contributed by atoms with van der Waals surface area (Å²) in [7, 11) is 0. The van der Waals surface area contributed by atoms with E-state index in [-0.39, 0.29) is 5.91 Å². The van der Waals surface area contributed by atoms with Crippen molar-refractivity contribution >= 4 is 17.4 Å². The van der Waals surface area contributed by atoms with Crippen LogP contribution in [-0.4, -0.2) is 10.9 Å². The lowest BCUT2D eigenvalue weighted by atomic mass is 9.97. The molecule has 1 heterocycles. The number of nitrogens with zero attached hydrogens (tertiary/aromatic N) is 1. The highest BCUT2D eigenvalue weighted by Gasteiger charge is 2.09. The standard InChI is InChI=1S/C16H19N3O/c1-10-4-5-13(12(3)11(10)2)8-16(20)19-14-6-7-15(17)18-9-14/h4-7,9H,8H2,1-3H3,(H2,17,18)(H,19,20). The summed E-state index contributed by atoms with van der Waals surface area (Å²) in [5.74, 6) is 0.385. The predicted molar refractivity (Wildman–Crippen MR) is 81.6 cm³/mol. The molecule has 0 saturated heterocycles. The molecule has 2 rings (SSSR count). The molecule has 1 amide bonds. The van der Waals surface area contributed by atoms with E-state index in [1.807, 2.05) is 6.07 Å². The summed E-state index contributed by atoms with van der Waals surface area (Å²) < 4.78 is 0. The zero-order valence-corrected chi connectivity index (χ0v) is 12.0. The molecular formula is C16H19N3O. The number of nitrogens with one attached hydrogen (secondary N) is 1. The second-order valence-electron chi connectivity index (χ2n) is 4.99. The Bertz CT molecular complexity index is 633. The summed E-state index contributed by atoms with van der Waals surface area (Å²) in [6.45, 7) is 6.21. The number of nitrogen functional groups attached to an aromatic ring is 1. The van der Waals surface area contributed by atoms with E-state index >= 15 is 0 Å². The van der Waals surface area contributed by atoms with E-state index in [0.717, 1.165) is 5.56 Å². The van der Waals surface area contributed by atoms with Gasteiger partial charge in [0.05, 0.1) is 18.3 Å². The Morgan fingerprint density at radius 3 is 2.55 bits per heavy atom. The van der Waals surface area contributed by atoms with Gasteiger partial charge in [-0.1, -0.05) is 12.1 Å². The minimum atomic E-state index is -0.0528. The molecule has 0 aliphatic rings. The average molecular weight is 269 g/mol. The number of benzene rings is 1. The number of nitrogens with two attached hydrogens (primary N) is 1. The zero-order valence-electron chi connectivity index (χ0n) is 12.0. The number of aromatic nitrogens is 1. The molecule has 0 radical (unpaired) electrons. The molecule has 2 aromatic rings. The van der Waals surface area contributed by atoms with Crippen LogP contribution in [0.3, 0.4) is 0 Å². The Morgan fingerprint density at radius 1 is 1.15 bits per heavy atom. The van der Waals surface area contributed by atoms with Crippen LogP contribution >= 0.6 is 0 Å². The van der Waals surface area contributed by atoms with Gasteiger partial charge in [0, 0.05) is 0 Å². The fourth-order valence-electron chi connectivity index (χ4n) is 2.06. The number of anilines is 2. The van der Waals surface area contributed by atoms with Gasteiger partial charge in [0.1, 0.15) is 5.82 Å². The normalized spacial score (nSPS) is 10.3. The van der Waals surface area contributed by atoms with Gasteiger partial charge in [0.2, 0.25) is 5.91 Å². The second-order valence-corrected chi connectivity index (χ2v) is 4.99. The van der Waals surface area contributed by atoms with Gasteiger partial charge in [-0.25, -0.2) is 4.98 Å². The monoisotopic (exact) mass is 269 g/mol. The highest BCUT2D eigenvalue weighted by molar-refractivity contribution is 5.92. The molecule has 0 fully saturated rings. The average Bonchev–Trinajstić information content (AvgIpc) is 2.42. The van der Waals surface area contributed by atoms with E-state index in [1.165, 1.54) is 16.7 Å². The van der Waals surface area contributed by atoms with Gasteiger partial charge in [-0.15, -0.1) is 0 Å². The van der Waals surface area contributed by atoms with Crippen molar-refractivity contribution in [1.29, 1.82) is 0 Å². The minimum Gasteiger partial charge on any atom is -0.384 e. The topological polar surface area (TPSA) is 68.0 Å². The van der Waals surface area contributed by atoms with Crippen LogP contribution in [-0.2, 0) is 11.2 Å². The third-order valence-corrected chi connectivity index (χ3v) is 3.59. The third kappa shape index (κ3) is 3.15. The fraction of sp³-hybridized carbons (Fsp3) is 0.250. The summed E-state index contributed by atoms with van der Waals surface area (Å²) in [4.78, 5) is 16.0. The van der Waals surface area contributed by atoms with E-state index in [1.54, 1.807) is 18.3 Å². The van der Waals surface area contributed by atoms with Crippen molar-refractivity contribution in [3.05, 3.63) is 52.7 Å². The highest BCUT2D eigenvalue weighted by Crippen LogP contribution is 2.18. The van der Waals surface area contributed by atoms with Crippen LogP contribution < -0.4 is 11.1 Å². The maximum Gasteiger partial charge on any atom is 0.228 e. The van der Waals surface area contributed by atoms with Crippen molar-refractivity contribution in [2.45, 2.75) is 27.2 Å². The molecule has 0 bridgehead atoms. The molecule has 0 atom stereocenters. The van der Waals surface area contributed by atoms with E-state index in [2.05, 4.69) is 37.1 Å². The molecule has 0 aliphatic carbocycles. The number of amides is 1. The van der Waals surface area contributed by atoms with E-state index in [9.17, 15) is 4.79 Å². The molecule has 0 unspecified atom stereocenters. The second kappa shape index (κ2) is 5.74. The fourth-order valence-corrected chi connectivity index (χ4v) is 2.06. The van der Waals surface area contributed by atoms with Crippen molar-refractivity contribution < 1.29 is 4.79 Å². The Kier molecular flexibility index (Phi) is 4.03. The molecule has 4 nitrogen and oxygen atoms in total. The van der Waals surface area contributed by atoms with Crippen LogP contribution in [0.5, 0.6) is 0 Å². The Morgan fingerprint density at radius 2 is 1.90 bits per heavy atom. The first-order valence-corrected chi connectivity index (χ1v) is 6.54. The van der Waals surface area contributed by atoms with Gasteiger partial charge in [-0.2, -0.15) is 0 Å². The Balaban J connectivity index is 2.08. The third-order valence-electron chi connectivity index (χ3n) is 3.59. The highest BCUT2D eigenvalue weighted by atomic mass is 16.1. The van der Waals surface area contributed by atoms with Crippen LogP contribution in [0.4, 0.5) is 11.5 Å². The Hall–Kier alpha value is -2.36. The molecular weight excluding hydrogens is 250 g/mol. The van der Waals surface area contributed by atoms with Crippen molar-refractivity contribution in [1.82, 2.24) is 4.98 Å². The summed E-state index contributed by atoms with van der Waals surface area (Å²) >= 11 is 0. The molecule has 104 valence electrons. The molecule has 20 heavy (non-hydrogen) atoms. The minimum absolute atomic E-state index is 0.0528. The summed E-state index contributed by atoms with van der Waals surface area (Å²) in [6.07, 6.45) is 1.91. The lowest BCUT2D eigenvalue weighted by molar-refractivity contribution is -0.115. The lowest BCUT2D eigenvalue weighted by Crippen LogP contribution is -2.15. The van der Waals surface area contributed by atoms with Crippen LogP contribution in [0.25, 0.3) is 0 Å². The number of carbonyl (C=O) groups is 1. The zero-order chi connectivity index (χ0) is 14.7. The number of aryl methyl sites for hydroxylation is 1. The molecule has 0 spiro atoms. The first kappa shape index (κ1) is 14.1. The molecule has 0 aliphatic heterocycles. The molecule has 1 aromatic carbocycles. The van der Waals surface area contributed by atoms with Gasteiger partial charge in [-0.3, -0.25) is 4.79 Å². The predicted octanol–water partition coefficient (Wildman–Crippen LogP) is 2.77. The maximum absolute atomic E-state index is 12.0. The largest absolute Gasteiger partial charge is 0.384 e. The van der Waals surface area contributed by atoms with Crippen molar-refractivity contribution in [2.75, 3.05) is 11.1 Å². The first-order chi connectivity index (χ1) is 9.47. The van der Waals surface area contributed by atoms with Gasteiger partial charge < -0.3 is 11.1 Å². The van der Waals surface area contributed by atoms with Crippen LogP contribution in [0.2, 0.25) is 0 Å². The first-order valence-electron chi connectivity index (χ1n) is 6.54. The summed E-state index contributed by atoms with van der Waals surface area (Å²) in [5.41, 5.74) is 10.9. The van der Waals surface area contributed by atoms with E-state index in [0.29, 0.717) is 17.9 Å². The van der Waals surface area contributed by atoms with E-state index < -0.39 is 0 Å². The Labute approximate surface area is 119 Å². The number of hydrogen-bond donors (Lipinski definition) is 2. The van der Waals surface area contributed by atoms with Gasteiger partial charge >= 0.3 is 0 Å². The molecule has 3 N–H and O–H groups in total. The molecule has 1 aromatic heterocycles. The van der Waals surface area contributed by atoms with Crippen LogP contribution in [0.15, 0.2) is 30.5 Å². The van der Waals surface area contributed by atoms with Gasteiger partial charge in [-0.05, 0) is 55.2 Å². The van der Waals surface area contributed by atoms with Gasteiger partial charge in [0.25, 0.3) is 0 Å². The number of rotatable bonds is 3. The quantitative estimate of drug-likeness (QED) is 0.900. The number of pyridine rings is 1. The van der Waals surface area contributed by atoms with Crippen LogP contribution in [0.1, 0.15) is 22.3 Å². The van der Waals surface area contributed by atoms with Crippen molar-refractivity contribution in [3.8, 4) is 0 Å². The van der Waals surface area contributed by atoms with Crippen LogP contribution in [0, 0.1) is 20.8 Å². The molecule has 0 saturated carbocycles. The lowest BCUT2D eigenvalue weighted by Gasteiger charge is -2.11. The summed E-state index contributed by atoms with van der Waals surface area (Å²) in [5, 5.41) is 2.82. The van der Waals surface area contributed by atoms with Crippen molar-refractivity contribution in [3.63, 3.8) is 0 Å². The van der Waals surface area contributed by atoms with Gasteiger partial charge in [0.15, 0.2) is 0 Å². The maximum atomic E-state index is 12.0. The summed E-state index contributed by atoms with van der Waals surface area (Å²) in [6, 6.07) is 7.47. The SMILES string of the molecule is Cc1ccc(CC(=O)Nc2ccc(N)nc2)c(C)c1C. The van der Waals surface area contributed by atoms with E-state index in [4.69, 9.17) is 5.73 Å².